The molecule has 0 aliphatic rings. The molecule has 6 heteroatoms. The monoisotopic (exact) mass is 366 g/mol. The number of ether oxygens (including phenoxy) is 1. The number of halogens is 1. The van der Waals surface area contributed by atoms with Gasteiger partial charge in [0.2, 0.25) is 0 Å². The van der Waals surface area contributed by atoms with Gasteiger partial charge in [0.25, 0.3) is 0 Å². The van der Waals surface area contributed by atoms with Gasteiger partial charge in [0.05, 0.1) is 17.9 Å². The number of benzene rings is 2. The molecule has 0 atom stereocenters. The van der Waals surface area contributed by atoms with Gasteiger partial charge < -0.3 is 4.74 Å². The Morgan fingerprint density at radius 2 is 1.70 bits per heavy atom. The van der Waals surface area contributed by atoms with E-state index >= 15 is 0 Å². The maximum absolute atomic E-state index is 12.9. The average molecular weight is 366 g/mol. The summed E-state index contributed by atoms with van der Waals surface area (Å²) in [4.78, 5) is 24.5. The predicted molar refractivity (Wildman–Crippen MR) is 98.3 cm³/mol. The van der Waals surface area contributed by atoms with Gasteiger partial charge in [-0.15, -0.1) is 0 Å². The maximum atomic E-state index is 12.9. The number of aromatic nitrogens is 2. The molecule has 3 rings (SSSR count). The van der Waals surface area contributed by atoms with Crippen molar-refractivity contribution in [2.24, 2.45) is 0 Å². The van der Waals surface area contributed by atoms with Crippen LogP contribution < -0.4 is 0 Å². The van der Waals surface area contributed by atoms with Crippen molar-refractivity contribution in [3.63, 3.8) is 0 Å². The lowest BCUT2D eigenvalue weighted by atomic mass is 10.1. The quantitative estimate of drug-likeness (QED) is 0.493. The summed E-state index contributed by atoms with van der Waals surface area (Å²) in [6.45, 7) is 3.65. The van der Waals surface area contributed by atoms with Gasteiger partial charge in [-0.25, -0.2) is 9.18 Å². The summed E-state index contributed by atoms with van der Waals surface area (Å²) in [5.41, 5.74) is 2.93. The smallest absolute Gasteiger partial charge is 0.342 e. The van der Waals surface area contributed by atoms with Gasteiger partial charge in [0.15, 0.2) is 12.4 Å². The highest BCUT2D eigenvalue weighted by Crippen LogP contribution is 2.16. The fourth-order valence-electron chi connectivity index (χ4n) is 2.83. The van der Waals surface area contributed by atoms with Crippen molar-refractivity contribution < 1.29 is 18.7 Å². The van der Waals surface area contributed by atoms with Gasteiger partial charge in [-0.3, -0.25) is 9.48 Å². The SMILES string of the molecule is Cc1nn(Cc2ccccc2)c(C)c1C(=O)OCC(=O)c1ccc(F)cc1. The number of aryl methyl sites for hydroxylation is 1. The fourth-order valence-corrected chi connectivity index (χ4v) is 2.83. The number of esters is 1. The van der Waals surface area contributed by atoms with Crippen molar-refractivity contribution >= 4 is 11.8 Å². The summed E-state index contributed by atoms with van der Waals surface area (Å²) < 4.78 is 19.8. The molecule has 5 nitrogen and oxygen atoms in total. The molecular weight excluding hydrogens is 347 g/mol. The molecule has 0 bridgehead atoms. The Morgan fingerprint density at radius 3 is 2.37 bits per heavy atom. The first kappa shape index (κ1) is 18.5. The first-order chi connectivity index (χ1) is 13.0. The standard InChI is InChI=1S/C21H19FN2O3/c1-14-20(15(2)24(23-14)12-16-6-4-3-5-7-16)21(26)27-13-19(25)17-8-10-18(22)11-9-17/h3-11H,12-13H2,1-2H3. The lowest BCUT2D eigenvalue weighted by molar-refractivity contribution is 0.0473. The summed E-state index contributed by atoms with van der Waals surface area (Å²) in [7, 11) is 0. The van der Waals surface area contributed by atoms with E-state index in [1.54, 1.807) is 18.5 Å². The number of rotatable bonds is 6. The van der Waals surface area contributed by atoms with E-state index in [1.165, 1.54) is 24.3 Å². The Morgan fingerprint density at radius 1 is 1.04 bits per heavy atom. The minimum Gasteiger partial charge on any atom is -0.454 e. The Hall–Kier alpha value is -3.28. The van der Waals surface area contributed by atoms with E-state index in [2.05, 4.69) is 5.10 Å². The minimum atomic E-state index is -0.597. The number of carbonyl (C=O) groups excluding carboxylic acids is 2. The van der Waals surface area contributed by atoms with E-state index in [9.17, 15) is 14.0 Å². The summed E-state index contributed by atoms with van der Waals surface area (Å²) >= 11 is 0. The molecule has 3 aromatic rings. The topological polar surface area (TPSA) is 61.2 Å². The predicted octanol–water partition coefficient (Wildman–Crippen LogP) is 3.73. The second-order valence-corrected chi connectivity index (χ2v) is 6.20. The van der Waals surface area contributed by atoms with Gasteiger partial charge in [0.1, 0.15) is 11.4 Å². The van der Waals surface area contributed by atoms with Crippen molar-refractivity contribution in [2.75, 3.05) is 6.61 Å². The fraction of sp³-hybridized carbons (Fsp3) is 0.190. The summed E-state index contributed by atoms with van der Waals surface area (Å²) in [5.74, 6) is -1.42. The van der Waals surface area contributed by atoms with Gasteiger partial charge in [-0.05, 0) is 43.7 Å². The number of Topliss-reactive ketones (excluding diaryl/α,β-unsaturated/α-hetero) is 1. The molecule has 0 saturated carbocycles. The van der Waals surface area contributed by atoms with Crippen LogP contribution in [0.4, 0.5) is 4.39 Å². The molecule has 0 aliphatic carbocycles. The Balaban J connectivity index is 1.69. The van der Waals surface area contributed by atoms with Crippen molar-refractivity contribution in [3.05, 3.63) is 88.5 Å². The third kappa shape index (κ3) is 4.28. The number of carbonyl (C=O) groups is 2. The average Bonchev–Trinajstić information content (AvgIpc) is 2.94. The number of ketones is 1. The molecule has 0 saturated heterocycles. The number of hydrogen-bond acceptors (Lipinski definition) is 4. The zero-order valence-electron chi connectivity index (χ0n) is 15.1. The highest BCUT2D eigenvalue weighted by Gasteiger charge is 2.21. The van der Waals surface area contributed by atoms with E-state index in [1.807, 2.05) is 30.3 Å². The van der Waals surface area contributed by atoms with Crippen LogP contribution in [0.1, 0.15) is 37.7 Å². The van der Waals surface area contributed by atoms with Crippen molar-refractivity contribution in [1.82, 2.24) is 9.78 Å². The second-order valence-electron chi connectivity index (χ2n) is 6.20. The molecule has 138 valence electrons. The molecule has 1 heterocycles. The number of nitrogens with zero attached hydrogens (tertiary/aromatic N) is 2. The molecule has 0 N–H and O–H groups in total. The zero-order chi connectivity index (χ0) is 19.4. The van der Waals surface area contributed by atoms with Crippen LogP contribution in [-0.4, -0.2) is 28.1 Å². The molecule has 0 fully saturated rings. The van der Waals surface area contributed by atoms with E-state index < -0.39 is 24.2 Å². The van der Waals surface area contributed by atoms with Gasteiger partial charge in [-0.2, -0.15) is 5.10 Å². The Labute approximate surface area is 156 Å². The number of hydrogen-bond donors (Lipinski definition) is 0. The third-order valence-electron chi connectivity index (χ3n) is 4.26. The van der Waals surface area contributed by atoms with Crippen molar-refractivity contribution in [1.29, 1.82) is 0 Å². The molecule has 0 unspecified atom stereocenters. The molecule has 0 radical (unpaired) electrons. The molecule has 1 aromatic heterocycles. The second kappa shape index (κ2) is 7.95. The van der Waals surface area contributed by atoms with Crippen LogP contribution in [-0.2, 0) is 11.3 Å². The van der Waals surface area contributed by atoms with E-state index in [4.69, 9.17) is 4.74 Å². The lowest BCUT2D eigenvalue weighted by Crippen LogP contribution is -2.15. The van der Waals surface area contributed by atoms with Gasteiger partial charge in [-0.1, -0.05) is 30.3 Å². The normalized spacial score (nSPS) is 10.6. The van der Waals surface area contributed by atoms with Gasteiger partial charge in [0, 0.05) is 5.56 Å². The lowest BCUT2D eigenvalue weighted by Gasteiger charge is -2.06. The van der Waals surface area contributed by atoms with Crippen molar-refractivity contribution in [3.8, 4) is 0 Å². The minimum absolute atomic E-state index is 0.289. The first-order valence-corrected chi connectivity index (χ1v) is 8.49. The van der Waals surface area contributed by atoms with Crippen molar-refractivity contribution in [2.45, 2.75) is 20.4 Å². The van der Waals surface area contributed by atoms with E-state index in [0.717, 1.165) is 5.56 Å². The third-order valence-corrected chi connectivity index (χ3v) is 4.26. The summed E-state index contributed by atoms with van der Waals surface area (Å²) in [6, 6.07) is 14.9. The van der Waals surface area contributed by atoms with E-state index in [-0.39, 0.29) is 5.56 Å². The summed E-state index contributed by atoms with van der Waals surface area (Å²) in [6.07, 6.45) is 0. The maximum Gasteiger partial charge on any atom is 0.342 e. The molecule has 0 amide bonds. The van der Waals surface area contributed by atoms with Crippen LogP contribution in [0.5, 0.6) is 0 Å². The van der Waals surface area contributed by atoms with Crippen LogP contribution in [0.2, 0.25) is 0 Å². The van der Waals surface area contributed by atoms with Crippen LogP contribution in [0.15, 0.2) is 54.6 Å². The molecule has 2 aromatic carbocycles. The van der Waals surface area contributed by atoms with E-state index in [0.29, 0.717) is 23.5 Å². The largest absolute Gasteiger partial charge is 0.454 e. The van der Waals surface area contributed by atoms with Crippen LogP contribution in [0.25, 0.3) is 0 Å². The molecule has 0 spiro atoms. The first-order valence-electron chi connectivity index (χ1n) is 8.49. The summed E-state index contributed by atoms with van der Waals surface area (Å²) in [5, 5.41) is 4.41. The van der Waals surface area contributed by atoms with Crippen LogP contribution in [0, 0.1) is 19.7 Å². The van der Waals surface area contributed by atoms with Crippen LogP contribution >= 0.6 is 0 Å². The van der Waals surface area contributed by atoms with Gasteiger partial charge >= 0.3 is 5.97 Å². The van der Waals surface area contributed by atoms with Crippen LogP contribution in [0.3, 0.4) is 0 Å². The highest BCUT2D eigenvalue weighted by molar-refractivity contribution is 5.99. The zero-order valence-corrected chi connectivity index (χ0v) is 15.1. The molecule has 27 heavy (non-hydrogen) atoms. The highest BCUT2D eigenvalue weighted by atomic mass is 19.1. The molecule has 0 aliphatic heterocycles. The Kier molecular flexibility index (Phi) is 5.45. The Bertz CT molecular complexity index is 963. The molecular formula is C21H19FN2O3.